The SMILES string of the molecule is CCOC(CC)(CC)C(N)c1ccncc1F. The summed E-state index contributed by atoms with van der Waals surface area (Å²) in [7, 11) is 0. The number of aromatic nitrogens is 1. The summed E-state index contributed by atoms with van der Waals surface area (Å²) in [5.74, 6) is -0.369. The van der Waals surface area contributed by atoms with Crippen molar-refractivity contribution in [1.29, 1.82) is 0 Å². The summed E-state index contributed by atoms with van der Waals surface area (Å²) in [5, 5.41) is 0. The lowest BCUT2D eigenvalue weighted by Gasteiger charge is -2.37. The maximum absolute atomic E-state index is 13.7. The lowest BCUT2D eigenvalue weighted by Crippen LogP contribution is -2.43. The van der Waals surface area contributed by atoms with E-state index in [2.05, 4.69) is 4.98 Å². The zero-order valence-electron chi connectivity index (χ0n) is 10.7. The summed E-state index contributed by atoms with van der Waals surface area (Å²) in [5.41, 5.74) is 6.16. The van der Waals surface area contributed by atoms with E-state index in [1.54, 1.807) is 12.3 Å². The van der Waals surface area contributed by atoms with Gasteiger partial charge in [0.05, 0.1) is 17.8 Å². The van der Waals surface area contributed by atoms with E-state index in [0.29, 0.717) is 12.2 Å². The number of nitrogens with two attached hydrogens (primary N) is 1. The first-order valence-corrected chi connectivity index (χ1v) is 6.10. The van der Waals surface area contributed by atoms with Crippen LogP contribution in [0.2, 0.25) is 0 Å². The first kappa shape index (κ1) is 14.1. The third-order valence-electron chi connectivity index (χ3n) is 3.33. The normalized spacial score (nSPS) is 13.7. The fraction of sp³-hybridized carbons (Fsp3) is 0.615. The number of pyridine rings is 1. The Morgan fingerprint density at radius 3 is 2.53 bits per heavy atom. The van der Waals surface area contributed by atoms with Gasteiger partial charge < -0.3 is 10.5 Å². The van der Waals surface area contributed by atoms with E-state index >= 15 is 0 Å². The maximum Gasteiger partial charge on any atom is 0.146 e. The van der Waals surface area contributed by atoms with Gasteiger partial charge in [-0.1, -0.05) is 13.8 Å². The third-order valence-corrected chi connectivity index (χ3v) is 3.33. The van der Waals surface area contributed by atoms with Crippen molar-refractivity contribution < 1.29 is 9.13 Å². The number of ether oxygens (including phenoxy) is 1. The van der Waals surface area contributed by atoms with Crippen molar-refractivity contribution in [2.24, 2.45) is 5.73 Å². The summed E-state index contributed by atoms with van der Waals surface area (Å²) >= 11 is 0. The van der Waals surface area contributed by atoms with Gasteiger partial charge in [0.25, 0.3) is 0 Å². The van der Waals surface area contributed by atoms with E-state index in [9.17, 15) is 4.39 Å². The molecule has 1 atom stereocenters. The summed E-state index contributed by atoms with van der Waals surface area (Å²) < 4.78 is 19.5. The van der Waals surface area contributed by atoms with Gasteiger partial charge >= 0.3 is 0 Å². The van der Waals surface area contributed by atoms with Gasteiger partial charge in [-0.05, 0) is 25.8 Å². The molecule has 0 saturated carbocycles. The van der Waals surface area contributed by atoms with Crippen molar-refractivity contribution in [1.82, 2.24) is 4.98 Å². The Morgan fingerprint density at radius 1 is 1.41 bits per heavy atom. The van der Waals surface area contributed by atoms with Crippen molar-refractivity contribution in [3.8, 4) is 0 Å². The molecule has 4 heteroatoms. The molecule has 3 nitrogen and oxygen atoms in total. The van der Waals surface area contributed by atoms with Crippen LogP contribution in [0.25, 0.3) is 0 Å². The lowest BCUT2D eigenvalue weighted by molar-refractivity contribution is -0.0652. The molecule has 0 radical (unpaired) electrons. The van der Waals surface area contributed by atoms with Crippen LogP contribution in [0.4, 0.5) is 4.39 Å². The molecule has 0 aliphatic heterocycles. The van der Waals surface area contributed by atoms with Crippen LogP contribution in [0.5, 0.6) is 0 Å². The van der Waals surface area contributed by atoms with Crippen LogP contribution in [0, 0.1) is 5.82 Å². The Hall–Kier alpha value is -1.00. The standard InChI is InChI=1S/C13H21FN2O/c1-4-13(5-2,17-6-3)12(15)10-7-8-16-9-11(10)14/h7-9,12H,4-6,15H2,1-3H3. The van der Waals surface area contributed by atoms with Crippen LogP contribution in [0.15, 0.2) is 18.5 Å². The number of nitrogens with zero attached hydrogens (tertiary/aromatic N) is 1. The summed E-state index contributed by atoms with van der Waals surface area (Å²) in [6.07, 6.45) is 4.25. The third kappa shape index (κ3) is 2.82. The van der Waals surface area contributed by atoms with Crippen molar-refractivity contribution in [3.05, 3.63) is 29.8 Å². The molecule has 96 valence electrons. The molecule has 17 heavy (non-hydrogen) atoms. The molecule has 0 bridgehead atoms. The van der Waals surface area contributed by atoms with Crippen molar-refractivity contribution in [2.45, 2.75) is 45.3 Å². The molecule has 1 aromatic heterocycles. The Bertz CT molecular complexity index is 353. The van der Waals surface area contributed by atoms with Crippen LogP contribution < -0.4 is 5.73 Å². The molecule has 0 amide bonds. The van der Waals surface area contributed by atoms with E-state index < -0.39 is 11.6 Å². The van der Waals surface area contributed by atoms with Crippen LogP contribution >= 0.6 is 0 Å². The number of halogens is 1. The largest absolute Gasteiger partial charge is 0.373 e. The summed E-state index contributed by atoms with van der Waals surface area (Å²) in [6.45, 7) is 6.52. The van der Waals surface area contributed by atoms with Gasteiger partial charge in [-0.25, -0.2) is 4.39 Å². The maximum atomic E-state index is 13.7. The van der Waals surface area contributed by atoms with E-state index in [1.165, 1.54) is 6.20 Å². The first-order chi connectivity index (χ1) is 8.11. The minimum Gasteiger partial charge on any atom is -0.373 e. The second kappa shape index (κ2) is 6.07. The zero-order chi connectivity index (χ0) is 12.9. The highest BCUT2D eigenvalue weighted by molar-refractivity contribution is 5.20. The molecule has 1 aromatic rings. The minimum absolute atomic E-state index is 0.369. The van der Waals surface area contributed by atoms with Crippen molar-refractivity contribution in [2.75, 3.05) is 6.61 Å². The molecule has 0 fully saturated rings. The van der Waals surface area contributed by atoms with Crippen LogP contribution in [-0.4, -0.2) is 17.2 Å². The van der Waals surface area contributed by atoms with Gasteiger partial charge in [0, 0.05) is 18.4 Å². The van der Waals surface area contributed by atoms with Gasteiger partial charge in [0.2, 0.25) is 0 Å². The highest BCUT2D eigenvalue weighted by atomic mass is 19.1. The average molecular weight is 240 g/mol. The molecule has 2 N–H and O–H groups in total. The Morgan fingerprint density at radius 2 is 2.06 bits per heavy atom. The van der Waals surface area contributed by atoms with Gasteiger partial charge in [0.1, 0.15) is 5.82 Å². The molecule has 0 aliphatic carbocycles. The number of hydrogen-bond donors (Lipinski definition) is 1. The Labute approximate surface area is 102 Å². The molecule has 0 saturated heterocycles. The smallest absolute Gasteiger partial charge is 0.146 e. The van der Waals surface area contributed by atoms with Crippen LogP contribution in [-0.2, 0) is 4.74 Å². The summed E-state index contributed by atoms with van der Waals surface area (Å²) in [4.78, 5) is 3.74. The molecule has 0 aromatic carbocycles. The minimum atomic E-state index is -0.503. The molecule has 1 rings (SSSR count). The van der Waals surface area contributed by atoms with E-state index in [-0.39, 0.29) is 5.82 Å². The fourth-order valence-corrected chi connectivity index (χ4v) is 2.19. The average Bonchev–Trinajstić information content (AvgIpc) is 2.36. The second-order valence-corrected chi connectivity index (χ2v) is 4.08. The van der Waals surface area contributed by atoms with Gasteiger partial charge in [-0.3, -0.25) is 4.98 Å². The molecule has 0 spiro atoms. The predicted molar refractivity (Wildman–Crippen MR) is 66.1 cm³/mol. The Kier molecular flexibility index (Phi) is 5.02. The highest BCUT2D eigenvalue weighted by Gasteiger charge is 2.36. The van der Waals surface area contributed by atoms with Crippen LogP contribution in [0.3, 0.4) is 0 Å². The summed E-state index contributed by atoms with van der Waals surface area (Å²) in [6, 6.07) is 1.15. The molecular formula is C13H21FN2O. The monoisotopic (exact) mass is 240 g/mol. The van der Waals surface area contributed by atoms with Gasteiger partial charge in [-0.15, -0.1) is 0 Å². The number of hydrogen-bond acceptors (Lipinski definition) is 3. The highest BCUT2D eigenvalue weighted by Crippen LogP contribution is 2.34. The van der Waals surface area contributed by atoms with Crippen molar-refractivity contribution in [3.63, 3.8) is 0 Å². The zero-order valence-corrected chi connectivity index (χ0v) is 10.7. The predicted octanol–water partition coefficient (Wildman–Crippen LogP) is 2.82. The van der Waals surface area contributed by atoms with Crippen LogP contribution in [0.1, 0.15) is 45.2 Å². The number of rotatable bonds is 6. The van der Waals surface area contributed by atoms with E-state index in [0.717, 1.165) is 12.8 Å². The molecular weight excluding hydrogens is 219 g/mol. The molecule has 1 unspecified atom stereocenters. The first-order valence-electron chi connectivity index (χ1n) is 6.10. The van der Waals surface area contributed by atoms with Gasteiger partial charge in [0.15, 0.2) is 0 Å². The topological polar surface area (TPSA) is 48.1 Å². The second-order valence-electron chi connectivity index (χ2n) is 4.08. The lowest BCUT2D eigenvalue weighted by atomic mass is 9.84. The van der Waals surface area contributed by atoms with E-state index in [1.807, 2.05) is 20.8 Å². The molecule has 1 heterocycles. The van der Waals surface area contributed by atoms with Crippen molar-refractivity contribution >= 4 is 0 Å². The fourth-order valence-electron chi connectivity index (χ4n) is 2.19. The van der Waals surface area contributed by atoms with Gasteiger partial charge in [-0.2, -0.15) is 0 Å². The Balaban J connectivity index is 3.07. The van der Waals surface area contributed by atoms with E-state index in [4.69, 9.17) is 10.5 Å². The molecule has 0 aliphatic rings. The quantitative estimate of drug-likeness (QED) is 0.831.